The Morgan fingerprint density at radius 3 is 2.25 bits per heavy atom. The van der Waals surface area contributed by atoms with Gasteiger partial charge in [0.05, 0.1) is 11.5 Å². The Morgan fingerprint density at radius 1 is 1.04 bits per heavy atom. The molecule has 5 N–H and O–H groups in total. The summed E-state index contributed by atoms with van der Waals surface area (Å²) in [7, 11) is 0. The molecule has 0 aliphatic carbocycles. The number of aryl methyl sites for hydroxylation is 2. The van der Waals surface area contributed by atoms with E-state index in [1.54, 1.807) is 6.07 Å². The SMILES string of the molecule is Cc1cc(SCC(=O)Nn2cnnc2CSc2cc(C)nc(N)n2)nc(N)n1. The molecule has 0 saturated carbocycles. The van der Waals surface area contributed by atoms with Crippen molar-refractivity contribution in [1.82, 2.24) is 34.8 Å². The third kappa shape index (κ3) is 5.53. The molecule has 28 heavy (non-hydrogen) atoms. The van der Waals surface area contributed by atoms with Gasteiger partial charge in [-0.15, -0.1) is 10.2 Å². The fourth-order valence-corrected chi connectivity index (χ4v) is 3.81. The topological polar surface area (TPSA) is 163 Å². The van der Waals surface area contributed by atoms with E-state index in [0.29, 0.717) is 16.6 Å². The highest BCUT2D eigenvalue weighted by atomic mass is 32.2. The van der Waals surface area contributed by atoms with Crippen molar-refractivity contribution in [2.75, 3.05) is 22.6 Å². The van der Waals surface area contributed by atoms with Crippen LogP contribution < -0.4 is 16.9 Å². The molecular formula is C15H18N10OS2. The van der Waals surface area contributed by atoms with Gasteiger partial charge in [-0.05, 0) is 26.0 Å². The molecule has 0 radical (unpaired) electrons. The zero-order valence-corrected chi connectivity index (χ0v) is 16.8. The minimum atomic E-state index is -0.229. The van der Waals surface area contributed by atoms with Crippen LogP contribution in [-0.4, -0.2) is 46.5 Å². The predicted molar refractivity (Wildman–Crippen MR) is 107 cm³/mol. The van der Waals surface area contributed by atoms with E-state index in [4.69, 9.17) is 11.5 Å². The van der Waals surface area contributed by atoms with Crippen LogP contribution >= 0.6 is 23.5 Å². The van der Waals surface area contributed by atoms with E-state index in [1.807, 2.05) is 19.9 Å². The molecule has 3 aromatic heterocycles. The van der Waals surface area contributed by atoms with Gasteiger partial charge in [0.25, 0.3) is 0 Å². The number of hydrogen-bond donors (Lipinski definition) is 3. The first-order valence-corrected chi connectivity index (χ1v) is 10.0. The van der Waals surface area contributed by atoms with Gasteiger partial charge in [0, 0.05) is 11.4 Å². The number of hydrogen-bond acceptors (Lipinski definition) is 11. The van der Waals surface area contributed by atoms with Crippen molar-refractivity contribution in [3.63, 3.8) is 0 Å². The molecule has 3 aromatic rings. The number of rotatable bonds is 7. The Labute approximate surface area is 169 Å². The second-order valence-corrected chi connectivity index (χ2v) is 7.63. The Kier molecular flexibility index (Phi) is 6.26. The van der Waals surface area contributed by atoms with Crippen molar-refractivity contribution < 1.29 is 4.79 Å². The summed E-state index contributed by atoms with van der Waals surface area (Å²) >= 11 is 2.68. The van der Waals surface area contributed by atoms with Crippen LogP contribution in [0.1, 0.15) is 17.2 Å². The minimum Gasteiger partial charge on any atom is -0.368 e. The van der Waals surface area contributed by atoms with Crippen molar-refractivity contribution in [2.45, 2.75) is 29.7 Å². The standard InChI is InChI=1S/C15H18N10OS2/c1-8-3-12(21-14(16)19-8)27-5-10-23-18-7-25(10)24-11(26)6-28-13-4-9(2)20-15(17)22-13/h3-4,7H,5-6H2,1-2H3,(H,24,26)(H2,16,19,21)(H2,17,20,22). The molecule has 1 amide bonds. The van der Waals surface area contributed by atoms with Crippen LogP contribution in [0.2, 0.25) is 0 Å². The lowest BCUT2D eigenvalue weighted by Crippen LogP contribution is -2.25. The van der Waals surface area contributed by atoms with Crippen molar-refractivity contribution in [3.8, 4) is 0 Å². The average Bonchev–Trinajstić information content (AvgIpc) is 3.03. The van der Waals surface area contributed by atoms with Gasteiger partial charge < -0.3 is 11.5 Å². The maximum absolute atomic E-state index is 12.2. The molecule has 146 valence electrons. The number of nitrogen functional groups attached to an aromatic ring is 2. The fraction of sp³-hybridized carbons (Fsp3) is 0.267. The van der Waals surface area contributed by atoms with Crippen LogP contribution in [0.3, 0.4) is 0 Å². The molecular weight excluding hydrogens is 400 g/mol. The van der Waals surface area contributed by atoms with Crippen LogP contribution in [0.5, 0.6) is 0 Å². The molecule has 0 aliphatic heterocycles. The quantitative estimate of drug-likeness (QED) is 0.367. The summed E-state index contributed by atoms with van der Waals surface area (Å²) in [5.41, 5.74) is 15.5. The zero-order chi connectivity index (χ0) is 20.1. The number of anilines is 2. The van der Waals surface area contributed by atoms with Crippen LogP contribution in [0.4, 0.5) is 11.9 Å². The van der Waals surface area contributed by atoms with Crippen molar-refractivity contribution >= 4 is 41.3 Å². The molecule has 0 atom stereocenters. The summed E-state index contributed by atoms with van der Waals surface area (Å²) in [5, 5.41) is 9.23. The first-order chi connectivity index (χ1) is 13.4. The summed E-state index contributed by atoms with van der Waals surface area (Å²) in [6, 6.07) is 3.59. The van der Waals surface area contributed by atoms with Crippen molar-refractivity contribution in [1.29, 1.82) is 0 Å². The first kappa shape index (κ1) is 19.8. The third-order valence-corrected chi connectivity index (χ3v) is 5.08. The van der Waals surface area contributed by atoms with Gasteiger partial charge in [-0.1, -0.05) is 23.5 Å². The average molecular weight is 419 g/mol. The Bertz CT molecular complexity index is 952. The smallest absolute Gasteiger partial charge is 0.249 e. The minimum absolute atomic E-state index is 0.155. The van der Waals surface area contributed by atoms with E-state index in [9.17, 15) is 4.79 Å². The van der Waals surface area contributed by atoms with Gasteiger partial charge in [0.2, 0.25) is 17.8 Å². The van der Waals surface area contributed by atoms with Crippen molar-refractivity contribution in [3.05, 3.63) is 35.7 Å². The normalized spacial score (nSPS) is 10.8. The Morgan fingerprint density at radius 2 is 1.64 bits per heavy atom. The lowest BCUT2D eigenvalue weighted by Gasteiger charge is -2.08. The third-order valence-electron chi connectivity index (χ3n) is 3.26. The molecule has 0 fully saturated rings. The molecule has 0 saturated heterocycles. The van der Waals surface area contributed by atoms with Gasteiger partial charge in [-0.3, -0.25) is 10.2 Å². The van der Waals surface area contributed by atoms with Crippen molar-refractivity contribution in [2.24, 2.45) is 0 Å². The second-order valence-electron chi connectivity index (χ2n) is 5.64. The number of nitrogens with zero attached hydrogens (tertiary/aromatic N) is 7. The van der Waals surface area contributed by atoms with Gasteiger partial charge in [-0.2, -0.15) is 0 Å². The van der Waals surface area contributed by atoms with Gasteiger partial charge in [0.1, 0.15) is 16.4 Å². The van der Waals surface area contributed by atoms with E-state index in [1.165, 1.54) is 34.5 Å². The summed E-state index contributed by atoms with van der Waals surface area (Å²) in [5.74, 6) is 1.35. The molecule has 0 aromatic carbocycles. The predicted octanol–water partition coefficient (Wildman–Crippen LogP) is 0.794. The molecule has 11 nitrogen and oxygen atoms in total. The van der Waals surface area contributed by atoms with Gasteiger partial charge in [0.15, 0.2) is 5.82 Å². The van der Waals surface area contributed by atoms with E-state index < -0.39 is 0 Å². The molecule has 0 bridgehead atoms. The molecule has 3 heterocycles. The number of amides is 1. The van der Waals surface area contributed by atoms with Crippen LogP contribution in [-0.2, 0) is 10.5 Å². The summed E-state index contributed by atoms with van der Waals surface area (Å²) < 4.78 is 1.48. The number of carbonyl (C=O) groups is 1. The molecule has 13 heteroatoms. The Hall–Kier alpha value is -2.93. The van der Waals surface area contributed by atoms with E-state index >= 15 is 0 Å². The Balaban J connectivity index is 1.56. The lowest BCUT2D eigenvalue weighted by molar-refractivity contribution is -0.114. The summed E-state index contributed by atoms with van der Waals surface area (Å²) in [6.45, 7) is 3.66. The monoisotopic (exact) mass is 418 g/mol. The molecule has 3 rings (SSSR count). The zero-order valence-electron chi connectivity index (χ0n) is 15.2. The number of aromatic nitrogens is 7. The van der Waals surface area contributed by atoms with E-state index in [-0.39, 0.29) is 23.6 Å². The first-order valence-electron chi connectivity index (χ1n) is 8.05. The number of thioether (sulfide) groups is 2. The largest absolute Gasteiger partial charge is 0.368 e. The highest BCUT2D eigenvalue weighted by molar-refractivity contribution is 8.00. The number of nitrogens with one attached hydrogen (secondary N) is 1. The molecule has 0 unspecified atom stereocenters. The number of nitrogens with two attached hydrogens (primary N) is 2. The summed E-state index contributed by atoms with van der Waals surface area (Å²) in [6.07, 6.45) is 1.44. The molecule has 0 aliphatic rings. The van der Waals surface area contributed by atoms with Gasteiger partial charge in [-0.25, -0.2) is 24.6 Å². The highest BCUT2D eigenvalue weighted by Crippen LogP contribution is 2.21. The maximum atomic E-state index is 12.2. The number of carbonyl (C=O) groups excluding carboxylic acids is 1. The summed E-state index contributed by atoms with van der Waals surface area (Å²) in [4.78, 5) is 28.5. The fourth-order valence-electron chi connectivity index (χ4n) is 2.17. The lowest BCUT2D eigenvalue weighted by atomic mass is 10.5. The van der Waals surface area contributed by atoms with Crippen LogP contribution in [0, 0.1) is 13.8 Å². The van der Waals surface area contributed by atoms with Crippen LogP contribution in [0.15, 0.2) is 28.5 Å². The molecule has 0 spiro atoms. The maximum Gasteiger partial charge on any atom is 0.249 e. The van der Waals surface area contributed by atoms with Crippen LogP contribution in [0.25, 0.3) is 0 Å². The second kappa shape index (κ2) is 8.84. The van der Waals surface area contributed by atoms with Gasteiger partial charge >= 0.3 is 0 Å². The van der Waals surface area contributed by atoms with E-state index in [0.717, 1.165) is 16.4 Å². The highest BCUT2D eigenvalue weighted by Gasteiger charge is 2.11. The van der Waals surface area contributed by atoms with E-state index in [2.05, 4.69) is 35.6 Å².